The molecule has 1 aromatic carbocycles. The normalized spacial score (nSPS) is 10.5. The van der Waals surface area contributed by atoms with Crippen molar-refractivity contribution in [3.05, 3.63) is 32.9 Å². The van der Waals surface area contributed by atoms with Crippen LogP contribution in [0.15, 0.2) is 22.6 Å². The van der Waals surface area contributed by atoms with Gasteiger partial charge >= 0.3 is 0 Å². The van der Waals surface area contributed by atoms with Gasteiger partial charge in [-0.3, -0.25) is 0 Å². The molecule has 0 radical (unpaired) electrons. The summed E-state index contributed by atoms with van der Waals surface area (Å²) in [7, 11) is 0. The highest BCUT2D eigenvalue weighted by Crippen LogP contribution is 2.28. The molecule has 14 heavy (non-hydrogen) atoms. The molecule has 6 heteroatoms. The van der Waals surface area contributed by atoms with Crippen LogP contribution in [0.4, 0.5) is 4.39 Å². The molecule has 0 bridgehead atoms. The van der Waals surface area contributed by atoms with E-state index in [1.807, 2.05) is 22.6 Å². The molecule has 0 fully saturated rings. The highest BCUT2D eigenvalue weighted by molar-refractivity contribution is 14.1. The molecule has 1 aromatic heterocycles. The van der Waals surface area contributed by atoms with E-state index in [1.54, 1.807) is 6.07 Å². The second-order valence-electron chi connectivity index (χ2n) is 2.46. The third-order valence-corrected chi connectivity index (χ3v) is 2.40. The van der Waals surface area contributed by atoms with E-state index < -0.39 is 5.82 Å². The van der Waals surface area contributed by atoms with E-state index in [9.17, 15) is 4.39 Å². The fourth-order valence-corrected chi connectivity index (χ4v) is 1.51. The molecule has 3 nitrogen and oxygen atoms in total. The summed E-state index contributed by atoms with van der Waals surface area (Å²) in [5.41, 5.74) is 0.405. The van der Waals surface area contributed by atoms with Crippen molar-refractivity contribution in [2.24, 2.45) is 0 Å². The summed E-state index contributed by atoms with van der Waals surface area (Å²) in [5.74, 6) is -0.281. The van der Waals surface area contributed by atoms with Crippen molar-refractivity contribution in [1.29, 1.82) is 0 Å². The lowest BCUT2D eigenvalue weighted by Crippen LogP contribution is -1.83. The maximum Gasteiger partial charge on any atom is 0.278 e. The molecule has 1 heterocycles. The Morgan fingerprint density at radius 2 is 2.14 bits per heavy atom. The zero-order valence-corrected chi connectivity index (χ0v) is 9.58. The molecule has 0 N–H and O–H groups in total. The smallest absolute Gasteiger partial charge is 0.278 e. The van der Waals surface area contributed by atoms with Gasteiger partial charge in [0.15, 0.2) is 0 Å². The monoisotopic (exact) mass is 324 g/mol. The number of hydrogen-bond acceptors (Lipinski definition) is 3. The van der Waals surface area contributed by atoms with Gasteiger partial charge < -0.3 is 4.42 Å². The highest BCUT2D eigenvalue weighted by atomic mass is 127. The molecule has 0 spiro atoms. The van der Waals surface area contributed by atoms with Crippen LogP contribution in [0.3, 0.4) is 0 Å². The Hall–Kier alpha value is -0.690. The molecular weight excluding hydrogens is 321 g/mol. The maximum atomic E-state index is 13.0. The fraction of sp³-hybridized carbons (Fsp3) is 0. The summed E-state index contributed by atoms with van der Waals surface area (Å²) in [6.45, 7) is 0. The number of aromatic nitrogens is 2. The van der Waals surface area contributed by atoms with Gasteiger partial charge in [-0.1, -0.05) is 17.7 Å². The Labute approximate surface area is 97.4 Å². The first-order valence-corrected chi connectivity index (χ1v) is 5.07. The van der Waals surface area contributed by atoms with Crippen LogP contribution in [0.1, 0.15) is 0 Å². The van der Waals surface area contributed by atoms with Gasteiger partial charge in [0.25, 0.3) is 3.90 Å². The topological polar surface area (TPSA) is 38.9 Å². The van der Waals surface area contributed by atoms with Crippen LogP contribution in [0.5, 0.6) is 0 Å². The van der Waals surface area contributed by atoms with Gasteiger partial charge in [-0.25, -0.2) is 4.39 Å². The zero-order valence-electron chi connectivity index (χ0n) is 6.67. The van der Waals surface area contributed by atoms with Crippen molar-refractivity contribution in [2.45, 2.75) is 0 Å². The van der Waals surface area contributed by atoms with Crippen molar-refractivity contribution in [1.82, 2.24) is 10.2 Å². The lowest BCUT2D eigenvalue weighted by molar-refractivity contribution is 0.536. The number of benzene rings is 1. The third-order valence-electron chi connectivity index (χ3n) is 1.58. The molecule has 0 atom stereocenters. The molecule has 0 unspecified atom stereocenters. The van der Waals surface area contributed by atoms with Crippen LogP contribution in [0.25, 0.3) is 11.5 Å². The minimum Gasteiger partial charge on any atom is -0.412 e. The van der Waals surface area contributed by atoms with Crippen LogP contribution in [0, 0.1) is 9.71 Å². The molecule has 72 valence electrons. The number of halogens is 3. The number of hydrogen-bond donors (Lipinski definition) is 0. The van der Waals surface area contributed by atoms with Crippen molar-refractivity contribution in [2.75, 3.05) is 0 Å². The Morgan fingerprint density at radius 1 is 1.36 bits per heavy atom. The molecule has 2 rings (SSSR count). The molecule has 0 aliphatic rings. The average molecular weight is 324 g/mol. The van der Waals surface area contributed by atoms with E-state index in [1.165, 1.54) is 12.1 Å². The summed E-state index contributed by atoms with van der Waals surface area (Å²) in [6.07, 6.45) is 0. The van der Waals surface area contributed by atoms with Crippen LogP contribution in [-0.2, 0) is 0 Å². The molecule has 0 aliphatic heterocycles. The van der Waals surface area contributed by atoms with E-state index in [0.29, 0.717) is 9.46 Å². The number of nitrogens with zero attached hydrogens (tertiary/aromatic N) is 2. The maximum absolute atomic E-state index is 13.0. The minimum atomic E-state index is -0.502. The van der Waals surface area contributed by atoms with Gasteiger partial charge in [0.05, 0.1) is 10.6 Å². The molecule has 2 aromatic rings. The van der Waals surface area contributed by atoms with E-state index >= 15 is 0 Å². The predicted octanol–water partition coefficient (Wildman–Crippen LogP) is 3.13. The lowest BCUT2D eigenvalue weighted by Gasteiger charge is -1.98. The molecule has 0 saturated carbocycles. The van der Waals surface area contributed by atoms with Crippen LogP contribution >= 0.6 is 34.2 Å². The number of rotatable bonds is 1. The predicted molar refractivity (Wildman–Crippen MR) is 57.4 cm³/mol. The van der Waals surface area contributed by atoms with Crippen molar-refractivity contribution in [3.8, 4) is 11.5 Å². The van der Waals surface area contributed by atoms with Gasteiger partial charge in [-0.05, 0) is 12.1 Å². The standard InChI is InChI=1S/C8H3ClFIN2O/c9-6-4(2-1-3-5(6)10)7-12-13-8(11)14-7/h1-3H. The first kappa shape index (κ1) is 9.85. The summed E-state index contributed by atoms with van der Waals surface area (Å²) in [4.78, 5) is 0. The van der Waals surface area contributed by atoms with Crippen LogP contribution in [0.2, 0.25) is 5.02 Å². The Balaban J connectivity index is 2.57. The second-order valence-corrected chi connectivity index (χ2v) is 3.76. The Kier molecular flexibility index (Phi) is 2.69. The Morgan fingerprint density at radius 3 is 2.79 bits per heavy atom. The SMILES string of the molecule is Fc1cccc(-c2nnc(I)o2)c1Cl. The fourth-order valence-electron chi connectivity index (χ4n) is 0.983. The lowest BCUT2D eigenvalue weighted by atomic mass is 10.2. The van der Waals surface area contributed by atoms with Crippen molar-refractivity contribution in [3.63, 3.8) is 0 Å². The van der Waals surface area contributed by atoms with Gasteiger partial charge in [0, 0.05) is 22.6 Å². The quantitative estimate of drug-likeness (QED) is 0.757. The van der Waals surface area contributed by atoms with Crippen LogP contribution in [-0.4, -0.2) is 10.2 Å². The van der Waals surface area contributed by atoms with Gasteiger partial charge in [0.2, 0.25) is 5.89 Å². The zero-order chi connectivity index (χ0) is 10.1. The van der Waals surface area contributed by atoms with E-state index in [0.717, 1.165) is 0 Å². The molecule has 0 aliphatic carbocycles. The van der Waals surface area contributed by atoms with Crippen molar-refractivity contribution < 1.29 is 8.81 Å². The Bertz CT molecular complexity index is 474. The van der Waals surface area contributed by atoms with Gasteiger partial charge in [0.1, 0.15) is 5.82 Å². The first-order chi connectivity index (χ1) is 6.68. The van der Waals surface area contributed by atoms with Crippen molar-refractivity contribution >= 4 is 34.2 Å². The van der Waals surface area contributed by atoms with Gasteiger partial charge in [-0.2, -0.15) is 0 Å². The largest absolute Gasteiger partial charge is 0.412 e. The molecule has 0 saturated heterocycles. The summed E-state index contributed by atoms with van der Waals surface area (Å²) in [5, 5.41) is 7.36. The van der Waals surface area contributed by atoms with E-state index in [4.69, 9.17) is 16.0 Å². The van der Waals surface area contributed by atoms with E-state index in [-0.39, 0.29) is 10.9 Å². The third kappa shape index (κ3) is 1.74. The first-order valence-electron chi connectivity index (χ1n) is 3.62. The average Bonchev–Trinajstić information content (AvgIpc) is 2.57. The molecular formula is C8H3ClFIN2O. The van der Waals surface area contributed by atoms with E-state index in [2.05, 4.69) is 10.2 Å². The summed E-state index contributed by atoms with van der Waals surface area (Å²) >= 11 is 7.60. The summed E-state index contributed by atoms with van der Waals surface area (Å²) in [6, 6.07) is 4.43. The van der Waals surface area contributed by atoms with Crippen LogP contribution < -0.4 is 0 Å². The highest BCUT2D eigenvalue weighted by Gasteiger charge is 2.13. The molecule has 0 amide bonds. The summed E-state index contributed by atoms with van der Waals surface area (Å²) < 4.78 is 18.6. The second kappa shape index (κ2) is 3.82. The minimum absolute atomic E-state index is 0.00690. The van der Waals surface area contributed by atoms with Gasteiger partial charge in [-0.15, -0.1) is 10.2 Å².